The number of aromatic nitrogens is 2. The van der Waals surface area contributed by atoms with E-state index in [1.165, 1.54) is 0 Å². The highest BCUT2D eigenvalue weighted by molar-refractivity contribution is 5.59. The number of alkyl halides is 3. The van der Waals surface area contributed by atoms with Crippen LogP contribution in [0, 0.1) is 13.8 Å². The van der Waals surface area contributed by atoms with E-state index >= 15 is 0 Å². The monoisotopic (exact) mass is 322 g/mol. The van der Waals surface area contributed by atoms with Crippen LogP contribution in [0.15, 0.2) is 24.3 Å². The third-order valence-corrected chi connectivity index (χ3v) is 3.42. The maximum absolute atomic E-state index is 13.0. The van der Waals surface area contributed by atoms with Gasteiger partial charge in [0.05, 0.1) is 0 Å². The zero-order chi connectivity index (χ0) is 16.6. The Labute approximate surface area is 132 Å². The Morgan fingerprint density at radius 3 is 2.22 bits per heavy atom. The summed E-state index contributed by atoms with van der Waals surface area (Å²) in [5.74, 6) is 0.134. The molecule has 4 nitrogen and oxygen atoms in total. The molecule has 0 spiro atoms. The Morgan fingerprint density at radius 2 is 1.65 bits per heavy atom. The van der Waals surface area contributed by atoms with E-state index in [1.54, 1.807) is 0 Å². The lowest BCUT2D eigenvalue weighted by Gasteiger charge is -2.13. The summed E-state index contributed by atoms with van der Waals surface area (Å²) in [6.07, 6.45) is -2.65. The lowest BCUT2D eigenvalue weighted by Crippen LogP contribution is -2.14. The van der Waals surface area contributed by atoms with Crippen molar-refractivity contribution in [2.75, 3.05) is 10.6 Å². The number of benzene rings is 1. The number of halogens is 3. The molecule has 0 unspecified atom stereocenters. The van der Waals surface area contributed by atoms with E-state index in [-0.39, 0.29) is 17.8 Å². The van der Waals surface area contributed by atoms with Crippen LogP contribution in [0.25, 0.3) is 0 Å². The average molecular weight is 322 g/mol. The summed E-state index contributed by atoms with van der Waals surface area (Å²) in [5.41, 5.74) is 1.79. The summed E-state index contributed by atoms with van der Waals surface area (Å²) in [4.78, 5) is 7.72. The molecule has 3 rings (SSSR count). The van der Waals surface area contributed by atoms with E-state index in [0.29, 0.717) is 5.69 Å². The second-order valence-corrected chi connectivity index (χ2v) is 5.88. The van der Waals surface area contributed by atoms with E-state index < -0.39 is 11.9 Å². The smallest absolute Gasteiger partial charge is 0.351 e. The van der Waals surface area contributed by atoms with Gasteiger partial charge in [-0.25, -0.2) is 4.98 Å². The highest BCUT2D eigenvalue weighted by atomic mass is 19.4. The molecule has 0 radical (unpaired) electrons. The van der Waals surface area contributed by atoms with Crippen LogP contribution in [0.3, 0.4) is 0 Å². The standard InChI is InChI=1S/C16H17F3N4/c1-9-5-10(2)7-12(6-9)20-14-8-13(16(17,18)19)22-15(23-14)21-11-3-4-11/h5-8,11H,3-4H2,1-2H3,(H2,20,21,22,23). The van der Waals surface area contributed by atoms with Gasteiger partial charge >= 0.3 is 6.18 Å². The molecule has 2 N–H and O–H groups in total. The summed E-state index contributed by atoms with van der Waals surface area (Å²) in [6.45, 7) is 3.86. The zero-order valence-corrected chi connectivity index (χ0v) is 12.8. The normalized spacial score (nSPS) is 14.7. The van der Waals surface area contributed by atoms with Gasteiger partial charge in [-0.1, -0.05) is 6.07 Å². The van der Waals surface area contributed by atoms with Crippen molar-refractivity contribution in [1.29, 1.82) is 0 Å². The van der Waals surface area contributed by atoms with E-state index in [9.17, 15) is 13.2 Å². The Morgan fingerprint density at radius 1 is 1.00 bits per heavy atom. The molecule has 1 aromatic carbocycles. The highest BCUT2D eigenvalue weighted by Gasteiger charge is 2.34. The summed E-state index contributed by atoms with van der Waals surface area (Å²) < 4.78 is 39.1. The Bertz CT molecular complexity index is 704. The molecule has 0 aliphatic heterocycles. The number of nitrogens with one attached hydrogen (secondary N) is 2. The maximum atomic E-state index is 13.0. The molecule has 1 aliphatic carbocycles. The van der Waals surface area contributed by atoms with Crippen molar-refractivity contribution in [3.63, 3.8) is 0 Å². The number of hydrogen-bond acceptors (Lipinski definition) is 4. The molecule has 1 saturated carbocycles. The minimum atomic E-state index is -4.51. The number of nitrogens with zero attached hydrogens (tertiary/aromatic N) is 2. The minimum Gasteiger partial charge on any atom is -0.351 e. The molecule has 1 aliphatic rings. The van der Waals surface area contributed by atoms with Gasteiger partial charge in [-0.3, -0.25) is 0 Å². The fourth-order valence-electron chi connectivity index (χ4n) is 2.33. The Kier molecular flexibility index (Phi) is 3.87. The van der Waals surface area contributed by atoms with Crippen molar-refractivity contribution >= 4 is 17.5 Å². The maximum Gasteiger partial charge on any atom is 0.433 e. The van der Waals surface area contributed by atoms with Crippen LogP contribution in [0.4, 0.5) is 30.6 Å². The fraction of sp³-hybridized carbons (Fsp3) is 0.375. The van der Waals surface area contributed by atoms with Crippen molar-refractivity contribution in [2.24, 2.45) is 0 Å². The summed E-state index contributed by atoms with van der Waals surface area (Å²) >= 11 is 0. The van der Waals surface area contributed by atoms with Gasteiger partial charge in [0.25, 0.3) is 0 Å². The van der Waals surface area contributed by atoms with Crippen LogP contribution < -0.4 is 10.6 Å². The molecule has 23 heavy (non-hydrogen) atoms. The number of hydrogen-bond donors (Lipinski definition) is 2. The first-order valence-corrected chi connectivity index (χ1v) is 7.38. The molecule has 0 amide bonds. The molecule has 0 bridgehead atoms. The first kappa shape index (κ1) is 15.6. The lowest BCUT2D eigenvalue weighted by molar-refractivity contribution is -0.141. The van der Waals surface area contributed by atoms with Crippen molar-refractivity contribution in [1.82, 2.24) is 9.97 Å². The van der Waals surface area contributed by atoms with Crippen LogP contribution in [0.1, 0.15) is 29.7 Å². The van der Waals surface area contributed by atoms with E-state index in [4.69, 9.17) is 0 Å². The van der Waals surface area contributed by atoms with Crippen molar-refractivity contribution in [3.05, 3.63) is 41.1 Å². The fourth-order valence-corrected chi connectivity index (χ4v) is 2.33. The lowest BCUT2D eigenvalue weighted by atomic mass is 10.1. The number of rotatable bonds is 4. The first-order valence-electron chi connectivity index (χ1n) is 7.38. The molecule has 1 heterocycles. The van der Waals surface area contributed by atoms with Gasteiger partial charge in [0, 0.05) is 17.8 Å². The van der Waals surface area contributed by atoms with Gasteiger partial charge in [-0.05, 0) is 49.9 Å². The SMILES string of the molecule is Cc1cc(C)cc(Nc2cc(C(F)(F)F)nc(NC3CC3)n2)c1. The van der Waals surface area contributed by atoms with Crippen LogP contribution in [0.2, 0.25) is 0 Å². The highest BCUT2D eigenvalue weighted by Crippen LogP contribution is 2.32. The molecule has 122 valence electrons. The molecule has 1 fully saturated rings. The van der Waals surface area contributed by atoms with Gasteiger partial charge in [0.15, 0.2) is 5.69 Å². The Hall–Kier alpha value is -2.31. The van der Waals surface area contributed by atoms with Crippen molar-refractivity contribution < 1.29 is 13.2 Å². The average Bonchev–Trinajstić information content (AvgIpc) is 3.20. The van der Waals surface area contributed by atoms with Gasteiger partial charge in [-0.15, -0.1) is 0 Å². The quantitative estimate of drug-likeness (QED) is 0.874. The van der Waals surface area contributed by atoms with Crippen LogP contribution >= 0.6 is 0 Å². The summed E-state index contributed by atoms with van der Waals surface area (Å²) in [7, 11) is 0. The molecular formula is C16H17F3N4. The van der Waals surface area contributed by atoms with Crippen molar-refractivity contribution in [2.45, 2.75) is 38.9 Å². The predicted octanol–water partition coefficient (Wildman–Crippen LogP) is 4.43. The topological polar surface area (TPSA) is 49.8 Å². The third kappa shape index (κ3) is 4.12. The Balaban J connectivity index is 1.92. The van der Waals surface area contributed by atoms with E-state index in [0.717, 1.165) is 30.0 Å². The van der Waals surface area contributed by atoms with Crippen LogP contribution in [-0.4, -0.2) is 16.0 Å². The first-order chi connectivity index (χ1) is 10.8. The predicted molar refractivity (Wildman–Crippen MR) is 82.9 cm³/mol. The molecule has 1 aromatic heterocycles. The minimum absolute atomic E-state index is 0.00852. The molecule has 0 saturated heterocycles. The molecular weight excluding hydrogens is 305 g/mol. The third-order valence-electron chi connectivity index (χ3n) is 3.42. The van der Waals surface area contributed by atoms with Gasteiger partial charge in [0.1, 0.15) is 5.82 Å². The van der Waals surface area contributed by atoms with Gasteiger partial charge in [0.2, 0.25) is 5.95 Å². The van der Waals surface area contributed by atoms with E-state index in [2.05, 4.69) is 20.6 Å². The molecule has 0 atom stereocenters. The van der Waals surface area contributed by atoms with Crippen molar-refractivity contribution in [3.8, 4) is 0 Å². The van der Waals surface area contributed by atoms with E-state index in [1.807, 2.05) is 32.0 Å². The van der Waals surface area contributed by atoms with Crippen LogP contribution in [0.5, 0.6) is 0 Å². The summed E-state index contributed by atoms with van der Waals surface area (Å²) in [6, 6.07) is 6.81. The number of aryl methyl sites for hydroxylation is 2. The second-order valence-electron chi connectivity index (χ2n) is 5.88. The van der Waals surface area contributed by atoms with Gasteiger partial charge < -0.3 is 10.6 Å². The largest absolute Gasteiger partial charge is 0.433 e. The molecule has 7 heteroatoms. The second kappa shape index (κ2) is 5.72. The number of anilines is 3. The van der Waals surface area contributed by atoms with Crippen LogP contribution in [-0.2, 0) is 6.18 Å². The molecule has 2 aromatic rings. The summed E-state index contributed by atoms with van der Waals surface area (Å²) in [5, 5.41) is 5.86. The van der Waals surface area contributed by atoms with Gasteiger partial charge in [-0.2, -0.15) is 18.2 Å². The zero-order valence-electron chi connectivity index (χ0n) is 12.8.